The van der Waals surface area contributed by atoms with Crippen LogP contribution in [-0.2, 0) is 14.2 Å². The second-order valence-corrected chi connectivity index (χ2v) is 2.75. The Hall–Kier alpha value is -0.630. The molecule has 4 heteroatoms. The third-order valence-corrected chi connectivity index (χ3v) is 1.75. The zero-order valence-corrected chi connectivity index (χ0v) is 7.32. The molecule has 0 aromatic heterocycles. The first-order valence-electron chi connectivity index (χ1n) is 3.95. The van der Waals surface area contributed by atoms with E-state index in [1.54, 1.807) is 7.11 Å². The summed E-state index contributed by atoms with van der Waals surface area (Å²) in [5.74, 6) is -0.0856. The Bertz CT molecular complexity index is 178. The SMILES string of the molecule is COCCOC1OC1C(C)C#N. The number of epoxide rings is 1. The van der Waals surface area contributed by atoms with E-state index in [1.807, 2.05) is 6.92 Å². The Balaban J connectivity index is 2.05. The van der Waals surface area contributed by atoms with Gasteiger partial charge in [0.25, 0.3) is 0 Å². The Labute approximate surface area is 72.0 Å². The third-order valence-electron chi connectivity index (χ3n) is 1.75. The average Bonchev–Trinajstić information content (AvgIpc) is 2.83. The summed E-state index contributed by atoms with van der Waals surface area (Å²) in [5, 5.41) is 8.52. The van der Waals surface area contributed by atoms with Gasteiger partial charge in [0, 0.05) is 7.11 Å². The summed E-state index contributed by atoms with van der Waals surface area (Å²) in [6.45, 7) is 2.91. The van der Waals surface area contributed by atoms with Gasteiger partial charge in [0.15, 0.2) is 6.29 Å². The standard InChI is InChI=1S/C8H13NO3/c1-6(5-9)7-8(12-7)11-4-3-10-2/h6-8H,3-4H2,1-2H3. The van der Waals surface area contributed by atoms with Crippen molar-refractivity contribution in [2.24, 2.45) is 5.92 Å². The van der Waals surface area contributed by atoms with Crippen molar-refractivity contribution in [2.75, 3.05) is 20.3 Å². The van der Waals surface area contributed by atoms with Crippen molar-refractivity contribution in [3.05, 3.63) is 0 Å². The summed E-state index contributed by atoms with van der Waals surface area (Å²) in [5.41, 5.74) is 0. The highest BCUT2D eigenvalue weighted by Crippen LogP contribution is 2.29. The van der Waals surface area contributed by atoms with Gasteiger partial charge in [-0.25, -0.2) is 0 Å². The van der Waals surface area contributed by atoms with E-state index in [-0.39, 0.29) is 18.3 Å². The van der Waals surface area contributed by atoms with Crippen LogP contribution in [0.15, 0.2) is 0 Å². The van der Waals surface area contributed by atoms with Gasteiger partial charge in [0.1, 0.15) is 6.10 Å². The highest BCUT2D eigenvalue weighted by molar-refractivity contribution is 4.94. The topological polar surface area (TPSA) is 54.8 Å². The first-order valence-corrected chi connectivity index (χ1v) is 3.95. The molecule has 1 rings (SSSR count). The summed E-state index contributed by atoms with van der Waals surface area (Å²) in [6, 6.07) is 2.11. The predicted molar refractivity (Wildman–Crippen MR) is 41.3 cm³/mol. The Morgan fingerprint density at radius 2 is 2.33 bits per heavy atom. The van der Waals surface area contributed by atoms with E-state index in [9.17, 15) is 0 Å². The molecule has 0 aromatic rings. The van der Waals surface area contributed by atoms with E-state index in [4.69, 9.17) is 19.5 Å². The first-order chi connectivity index (χ1) is 5.79. The first kappa shape index (κ1) is 9.46. The van der Waals surface area contributed by atoms with Crippen molar-refractivity contribution in [2.45, 2.75) is 19.3 Å². The number of nitrogens with zero attached hydrogens (tertiary/aromatic N) is 1. The molecule has 0 N–H and O–H groups in total. The number of methoxy groups -OCH3 is 1. The van der Waals surface area contributed by atoms with Gasteiger partial charge in [-0.3, -0.25) is 0 Å². The molecule has 1 fully saturated rings. The van der Waals surface area contributed by atoms with Crippen LogP contribution in [0.25, 0.3) is 0 Å². The van der Waals surface area contributed by atoms with Gasteiger partial charge in [-0.15, -0.1) is 0 Å². The van der Waals surface area contributed by atoms with Crippen LogP contribution in [-0.4, -0.2) is 32.7 Å². The molecular formula is C8H13NO3. The number of rotatable bonds is 5. The minimum Gasteiger partial charge on any atom is -0.382 e. The normalized spacial score (nSPS) is 29.4. The smallest absolute Gasteiger partial charge is 0.185 e. The number of hydrogen-bond acceptors (Lipinski definition) is 4. The quantitative estimate of drug-likeness (QED) is 0.447. The molecule has 0 amide bonds. The molecule has 12 heavy (non-hydrogen) atoms. The van der Waals surface area contributed by atoms with Crippen LogP contribution in [0, 0.1) is 17.2 Å². The van der Waals surface area contributed by atoms with Crippen molar-refractivity contribution in [3.8, 4) is 6.07 Å². The Morgan fingerprint density at radius 1 is 1.58 bits per heavy atom. The largest absolute Gasteiger partial charge is 0.382 e. The molecule has 0 aliphatic carbocycles. The van der Waals surface area contributed by atoms with Crippen molar-refractivity contribution in [3.63, 3.8) is 0 Å². The zero-order valence-electron chi connectivity index (χ0n) is 7.32. The van der Waals surface area contributed by atoms with Crippen molar-refractivity contribution < 1.29 is 14.2 Å². The van der Waals surface area contributed by atoms with Crippen molar-refractivity contribution in [1.29, 1.82) is 5.26 Å². The minimum atomic E-state index is -0.185. The summed E-state index contributed by atoms with van der Waals surface area (Å²) < 4.78 is 15.1. The average molecular weight is 171 g/mol. The molecule has 3 unspecified atom stereocenters. The molecule has 1 heterocycles. The van der Waals surface area contributed by atoms with E-state index in [0.717, 1.165) is 0 Å². The van der Waals surface area contributed by atoms with E-state index in [0.29, 0.717) is 13.2 Å². The number of ether oxygens (including phenoxy) is 3. The highest BCUT2D eigenvalue weighted by atomic mass is 16.8. The van der Waals surface area contributed by atoms with Gasteiger partial charge < -0.3 is 14.2 Å². The molecule has 0 bridgehead atoms. The molecule has 0 spiro atoms. The van der Waals surface area contributed by atoms with E-state index < -0.39 is 0 Å². The second-order valence-electron chi connectivity index (χ2n) is 2.75. The fourth-order valence-corrected chi connectivity index (χ4v) is 0.918. The molecule has 68 valence electrons. The molecule has 0 aromatic carbocycles. The maximum absolute atomic E-state index is 8.52. The lowest BCUT2D eigenvalue weighted by Gasteiger charge is -1.98. The second kappa shape index (κ2) is 4.41. The lowest BCUT2D eigenvalue weighted by atomic mass is 10.1. The van der Waals surface area contributed by atoms with Crippen molar-refractivity contribution >= 4 is 0 Å². The highest BCUT2D eigenvalue weighted by Gasteiger charge is 2.44. The van der Waals surface area contributed by atoms with Gasteiger partial charge in [-0.2, -0.15) is 5.26 Å². The lowest BCUT2D eigenvalue weighted by molar-refractivity contribution is 0.0168. The van der Waals surface area contributed by atoms with Crippen LogP contribution in [0.5, 0.6) is 0 Å². The molecule has 1 saturated heterocycles. The molecule has 0 saturated carbocycles. The summed E-state index contributed by atoms with van der Waals surface area (Å²) in [4.78, 5) is 0. The fourth-order valence-electron chi connectivity index (χ4n) is 0.918. The monoisotopic (exact) mass is 171 g/mol. The van der Waals surface area contributed by atoms with Gasteiger partial charge in [0.2, 0.25) is 0 Å². The lowest BCUT2D eigenvalue weighted by Crippen LogP contribution is -2.10. The van der Waals surface area contributed by atoms with Crippen LogP contribution < -0.4 is 0 Å². The van der Waals surface area contributed by atoms with Crippen molar-refractivity contribution in [1.82, 2.24) is 0 Å². The predicted octanol–water partition coefficient (Wildman–Crippen LogP) is 0.534. The van der Waals surface area contributed by atoms with Crippen LogP contribution in [0.3, 0.4) is 0 Å². The van der Waals surface area contributed by atoms with E-state index in [1.165, 1.54) is 0 Å². The van der Waals surface area contributed by atoms with Crippen LogP contribution in [0.1, 0.15) is 6.92 Å². The van der Waals surface area contributed by atoms with Gasteiger partial charge in [-0.05, 0) is 6.92 Å². The number of hydrogen-bond donors (Lipinski definition) is 0. The molecule has 1 aliphatic rings. The van der Waals surface area contributed by atoms with E-state index in [2.05, 4.69) is 6.07 Å². The fraction of sp³-hybridized carbons (Fsp3) is 0.875. The van der Waals surface area contributed by atoms with Crippen LogP contribution >= 0.6 is 0 Å². The molecular weight excluding hydrogens is 158 g/mol. The third kappa shape index (κ3) is 2.45. The molecule has 3 atom stereocenters. The van der Waals surface area contributed by atoms with Gasteiger partial charge in [0.05, 0.1) is 25.2 Å². The van der Waals surface area contributed by atoms with Gasteiger partial charge >= 0.3 is 0 Å². The molecule has 4 nitrogen and oxygen atoms in total. The van der Waals surface area contributed by atoms with Crippen LogP contribution in [0.4, 0.5) is 0 Å². The van der Waals surface area contributed by atoms with Crippen LogP contribution in [0.2, 0.25) is 0 Å². The number of nitriles is 1. The van der Waals surface area contributed by atoms with Gasteiger partial charge in [-0.1, -0.05) is 0 Å². The maximum atomic E-state index is 8.52. The molecule has 0 radical (unpaired) electrons. The summed E-state index contributed by atoms with van der Waals surface area (Å²) >= 11 is 0. The van der Waals surface area contributed by atoms with E-state index >= 15 is 0 Å². The molecule has 1 aliphatic heterocycles. The minimum absolute atomic E-state index is 0.0353. The zero-order chi connectivity index (χ0) is 8.97. The maximum Gasteiger partial charge on any atom is 0.185 e. The summed E-state index contributed by atoms with van der Waals surface area (Å²) in [6.07, 6.45) is -0.221. The summed E-state index contributed by atoms with van der Waals surface area (Å²) in [7, 11) is 1.62. The Morgan fingerprint density at radius 3 is 2.92 bits per heavy atom. The Kier molecular flexibility index (Phi) is 3.48.